The average molecular weight is 363 g/mol. The Morgan fingerprint density at radius 1 is 1.00 bits per heavy atom. The van der Waals surface area contributed by atoms with E-state index in [1.165, 1.54) is 5.56 Å². The van der Waals surface area contributed by atoms with Crippen LogP contribution in [-0.4, -0.2) is 33.2 Å². The molecule has 6 nitrogen and oxygen atoms in total. The van der Waals surface area contributed by atoms with Gasteiger partial charge in [0.15, 0.2) is 0 Å². The number of aromatic nitrogens is 2. The zero-order valence-electron chi connectivity index (χ0n) is 14.9. The van der Waals surface area contributed by atoms with Crippen LogP contribution in [0.4, 0.5) is 0 Å². The van der Waals surface area contributed by atoms with E-state index in [2.05, 4.69) is 5.10 Å². The predicted octanol–water partition coefficient (Wildman–Crippen LogP) is 1.92. The van der Waals surface area contributed by atoms with Crippen LogP contribution in [0, 0.1) is 0 Å². The van der Waals surface area contributed by atoms with Crippen LogP contribution in [-0.2, 0) is 17.8 Å². The van der Waals surface area contributed by atoms with Crippen molar-refractivity contribution in [2.75, 3.05) is 6.54 Å². The van der Waals surface area contributed by atoms with Crippen LogP contribution < -0.4 is 11.1 Å². The minimum Gasteiger partial charge on any atom is -0.338 e. The van der Waals surface area contributed by atoms with Gasteiger partial charge < -0.3 is 4.90 Å². The van der Waals surface area contributed by atoms with Crippen LogP contribution in [0.5, 0.6) is 0 Å². The van der Waals surface area contributed by atoms with Crippen molar-refractivity contribution in [1.29, 1.82) is 0 Å². The van der Waals surface area contributed by atoms with Gasteiger partial charge in [-0.15, -0.1) is 0 Å². The first kappa shape index (κ1) is 17.3. The topological polar surface area (TPSA) is 75.2 Å². The Labute approximate surface area is 156 Å². The van der Waals surface area contributed by atoms with E-state index in [1.54, 1.807) is 24.3 Å². The molecular formula is C21H21N3O3. The monoisotopic (exact) mass is 363 g/mol. The van der Waals surface area contributed by atoms with Gasteiger partial charge in [0, 0.05) is 12.6 Å². The average Bonchev–Trinajstić information content (AvgIpc) is 3.52. The van der Waals surface area contributed by atoms with Crippen LogP contribution in [0.25, 0.3) is 10.8 Å². The molecule has 0 radical (unpaired) electrons. The Hall–Kier alpha value is -3.15. The first-order chi connectivity index (χ1) is 13.1. The fourth-order valence-electron chi connectivity index (χ4n) is 3.38. The van der Waals surface area contributed by atoms with E-state index in [0.29, 0.717) is 17.3 Å². The molecule has 1 N–H and O–H groups in total. The Balaban J connectivity index is 1.55. The lowest BCUT2D eigenvalue weighted by Gasteiger charge is -2.23. The van der Waals surface area contributed by atoms with Crippen LogP contribution in [0.1, 0.15) is 18.4 Å². The second-order valence-corrected chi connectivity index (χ2v) is 6.93. The molecule has 138 valence electrons. The first-order valence-corrected chi connectivity index (χ1v) is 9.19. The second kappa shape index (κ2) is 7.23. The summed E-state index contributed by atoms with van der Waals surface area (Å²) in [5.74, 6) is -0.138. The van der Waals surface area contributed by atoms with Gasteiger partial charge in [-0.3, -0.25) is 19.5 Å². The van der Waals surface area contributed by atoms with E-state index in [0.717, 1.165) is 23.9 Å². The summed E-state index contributed by atoms with van der Waals surface area (Å²) < 4.78 is 1.13. The molecule has 4 rings (SSSR count). The van der Waals surface area contributed by atoms with Crippen molar-refractivity contribution >= 4 is 16.7 Å². The molecule has 6 heteroatoms. The molecule has 0 spiro atoms. The summed E-state index contributed by atoms with van der Waals surface area (Å²) in [7, 11) is 0. The zero-order valence-corrected chi connectivity index (χ0v) is 14.9. The number of nitrogens with one attached hydrogen (secondary N) is 1. The van der Waals surface area contributed by atoms with Crippen molar-refractivity contribution in [3.05, 3.63) is 80.9 Å². The highest BCUT2D eigenvalue weighted by molar-refractivity contribution is 5.81. The maximum atomic E-state index is 12.9. The van der Waals surface area contributed by atoms with Crippen molar-refractivity contribution in [1.82, 2.24) is 14.7 Å². The van der Waals surface area contributed by atoms with Crippen LogP contribution in [0.2, 0.25) is 0 Å². The summed E-state index contributed by atoms with van der Waals surface area (Å²) in [5, 5.41) is 3.21. The van der Waals surface area contributed by atoms with Gasteiger partial charge in [0.25, 0.3) is 11.1 Å². The molecule has 1 fully saturated rings. The lowest BCUT2D eigenvalue weighted by atomic mass is 10.1. The Bertz CT molecular complexity index is 1080. The van der Waals surface area contributed by atoms with Gasteiger partial charge in [-0.25, -0.2) is 4.68 Å². The third kappa shape index (κ3) is 3.69. The summed E-state index contributed by atoms with van der Waals surface area (Å²) in [6, 6.07) is 16.9. The fraction of sp³-hybridized carbons (Fsp3) is 0.286. The SMILES string of the molecule is O=C(Cn1[nH]c(=O)c2ccccc2c1=O)N(CCc1ccccc1)C1CC1. The highest BCUT2D eigenvalue weighted by Crippen LogP contribution is 2.27. The molecule has 27 heavy (non-hydrogen) atoms. The largest absolute Gasteiger partial charge is 0.338 e. The van der Waals surface area contributed by atoms with Gasteiger partial charge in [-0.2, -0.15) is 0 Å². The maximum Gasteiger partial charge on any atom is 0.273 e. The van der Waals surface area contributed by atoms with E-state index >= 15 is 0 Å². The van der Waals surface area contributed by atoms with E-state index in [-0.39, 0.29) is 29.6 Å². The number of rotatable bonds is 6. The van der Waals surface area contributed by atoms with Crippen LogP contribution in [0.15, 0.2) is 64.2 Å². The summed E-state index contributed by atoms with van der Waals surface area (Å²) >= 11 is 0. The number of aromatic amines is 1. The van der Waals surface area contributed by atoms with E-state index in [4.69, 9.17) is 0 Å². The molecule has 1 heterocycles. The summed E-state index contributed by atoms with van der Waals surface area (Å²) in [4.78, 5) is 39.5. The molecule has 0 unspecified atom stereocenters. The normalized spacial score (nSPS) is 13.6. The number of nitrogens with zero attached hydrogens (tertiary/aromatic N) is 2. The summed E-state index contributed by atoms with van der Waals surface area (Å²) in [5.41, 5.74) is 0.463. The van der Waals surface area contributed by atoms with Gasteiger partial charge in [-0.1, -0.05) is 42.5 Å². The van der Waals surface area contributed by atoms with Crippen molar-refractivity contribution in [2.45, 2.75) is 31.8 Å². The minimum atomic E-state index is -0.361. The second-order valence-electron chi connectivity index (χ2n) is 6.93. The van der Waals surface area contributed by atoms with E-state index < -0.39 is 0 Å². The van der Waals surface area contributed by atoms with Gasteiger partial charge >= 0.3 is 0 Å². The number of fused-ring (bicyclic) bond motifs is 1. The van der Waals surface area contributed by atoms with E-state index in [9.17, 15) is 14.4 Å². The number of amides is 1. The Morgan fingerprint density at radius 3 is 2.37 bits per heavy atom. The minimum absolute atomic E-state index is 0.138. The number of H-pyrrole nitrogens is 1. The molecule has 2 aromatic carbocycles. The molecule has 1 aliphatic rings. The highest BCUT2D eigenvalue weighted by atomic mass is 16.2. The van der Waals surface area contributed by atoms with Gasteiger partial charge in [0.2, 0.25) is 5.91 Å². The lowest BCUT2D eigenvalue weighted by Crippen LogP contribution is -2.41. The quantitative estimate of drug-likeness (QED) is 0.727. The summed E-state index contributed by atoms with van der Waals surface area (Å²) in [6.07, 6.45) is 2.75. The molecule has 1 aliphatic carbocycles. The highest BCUT2D eigenvalue weighted by Gasteiger charge is 2.32. The van der Waals surface area contributed by atoms with Crippen molar-refractivity contribution in [3.63, 3.8) is 0 Å². The third-order valence-electron chi connectivity index (χ3n) is 4.97. The fourth-order valence-corrected chi connectivity index (χ4v) is 3.38. The van der Waals surface area contributed by atoms with E-state index in [1.807, 2.05) is 35.2 Å². The molecule has 1 amide bonds. The maximum absolute atomic E-state index is 12.9. The van der Waals surface area contributed by atoms with Gasteiger partial charge in [0.05, 0.1) is 10.8 Å². The summed E-state index contributed by atoms with van der Waals surface area (Å²) in [6.45, 7) is 0.463. The Morgan fingerprint density at radius 2 is 1.67 bits per heavy atom. The zero-order chi connectivity index (χ0) is 18.8. The predicted molar refractivity (Wildman–Crippen MR) is 104 cm³/mol. The molecule has 0 atom stereocenters. The lowest BCUT2D eigenvalue weighted by molar-refractivity contribution is -0.132. The number of hydrogen-bond acceptors (Lipinski definition) is 3. The van der Waals surface area contributed by atoms with Crippen molar-refractivity contribution in [2.24, 2.45) is 0 Å². The van der Waals surface area contributed by atoms with Crippen molar-refractivity contribution in [3.8, 4) is 0 Å². The molecular weight excluding hydrogens is 342 g/mol. The van der Waals surface area contributed by atoms with Gasteiger partial charge in [-0.05, 0) is 37.0 Å². The molecule has 0 aliphatic heterocycles. The molecule has 1 saturated carbocycles. The third-order valence-corrected chi connectivity index (χ3v) is 4.97. The Kier molecular flexibility index (Phi) is 4.62. The molecule has 0 bridgehead atoms. The first-order valence-electron chi connectivity index (χ1n) is 9.19. The van der Waals surface area contributed by atoms with Crippen molar-refractivity contribution < 1.29 is 4.79 Å². The number of benzene rings is 2. The molecule has 1 aromatic heterocycles. The van der Waals surface area contributed by atoms with Crippen LogP contribution >= 0.6 is 0 Å². The van der Waals surface area contributed by atoms with Crippen LogP contribution in [0.3, 0.4) is 0 Å². The standard InChI is InChI=1S/C21H21N3O3/c25-19(23(16-10-11-16)13-12-15-6-2-1-3-7-15)14-24-21(27)18-9-5-4-8-17(18)20(26)22-24/h1-9,16H,10-14H2,(H,22,26). The smallest absolute Gasteiger partial charge is 0.273 e. The van der Waals surface area contributed by atoms with Gasteiger partial charge in [0.1, 0.15) is 6.54 Å². The molecule has 3 aromatic rings. The molecule has 0 saturated heterocycles. The number of carbonyl (C=O) groups excluding carboxylic acids is 1. The number of hydrogen-bond donors (Lipinski definition) is 1. The number of carbonyl (C=O) groups is 1.